The monoisotopic (exact) mass is 1880 g/mol. The number of carbonyl (C=O) groups excluding carboxylic acids is 4. The van der Waals surface area contributed by atoms with Gasteiger partial charge >= 0.3 is 24.3 Å². The normalized spacial score (nSPS) is 11.9. The highest BCUT2D eigenvalue weighted by Crippen LogP contribution is 2.36. The van der Waals surface area contributed by atoms with Crippen molar-refractivity contribution < 1.29 is 73.6 Å². The summed E-state index contributed by atoms with van der Waals surface area (Å²) in [5.74, 6) is -1.85. The van der Waals surface area contributed by atoms with Gasteiger partial charge in [-0.2, -0.15) is 40.9 Å². The van der Waals surface area contributed by atoms with Crippen molar-refractivity contribution in [3.63, 3.8) is 0 Å². The predicted molar refractivity (Wildman–Crippen MR) is 500 cm³/mol. The molecular weight excluding hydrogens is 1790 g/mol. The SMILES string of the molecule is Cc1cc(-c2ncn(/C=C(/C(=O)O)c3c(C)noc3C)n2)cc(C(F)(F)F)c1.Cc1cc(-c2ncn(/C=C(/C(=O)OC(C)C)c3c(C)noc3C)n2)cc(C(F)(F)F)c1.Cc1cc(C)cc(-c2ncn(/C=C(/C(N)=O)c3ccc(-c4cccnc4)cc3)n2)c1.Cc1cc(C)cc(-c2ncn(/C=C(/C(N)=O)c3cccc(F)n3)n2)c1.Cc1cc(C)cc(-c2ncn(/C=C(/C(N)=O)c3ccnnc3)n2)c1. The van der Waals surface area contributed by atoms with E-state index >= 15 is 0 Å². The van der Waals surface area contributed by atoms with Gasteiger partial charge in [-0.05, 0) is 222 Å². The van der Waals surface area contributed by atoms with Crippen LogP contribution in [-0.2, 0) is 41.1 Å². The molecule has 0 atom stereocenters. The van der Waals surface area contributed by atoms with Crippen LogP contribution in [0, 0.1) is 89.0 Å². The summed E-state index contributed by atoms with van der Waals surface area (Å²) in [6.07, 6.45) is 11.3. The second-order valence-electron chi connectivity index (χ2n) is 31.8. The molecule has 0 bridgehead atoms. The molecule has 3 amide bonds. The van der Waals surface area contributed by atoms with Crippen LogP contribution in [0.15, 0.2) is 217 Å². The quantitative estimate of drug-likeness (QED) is 0.0212. The number of alkyl halides is 6. The summed E-state index contributed by atoms with van der Waals surface area (Å²) in [4.78, 5) is 88.7. The molecule has 10 aromatic heterocycles. The van der Waals surface area contributed by atoms with Crippen LogP contribution in [0.3, 0.4) is 0 Å². The number of hydrogen-bond donors (Lipinski definition) is 4. The molecule has 0 radical (unpaired) electrons. The highest BCUT2D eigenvalue weighted by molar-refractivity contribution is 6.24. The molecule has 10 heterocycles. The summed E-state index contributed by atoms with van der Waals surface area (Å²) in [5.41, 5.74) is 31.3. The maximum absolute atomic E-state index is 13.3. The number of rotatable bonds is 22. The van der Waals surface area contributed by atoms with Crippen LogP contribution in [0.25, 0.3) is 127 Å². The molecule has 0 aliphatic carbocycles. The molecule has 0 fully saturated rings. The van der Waals surface area contributed by atoms with Crippen molar-refractivity contribution in [2.24, 2.45) is 17.2 Å². The van der Waals surface area contributed by atoms with E-state index in [0.717, 1.165) is 90.1 Å². The van der Waals surface area contributed by atoms with Crippen LogP contribution in [0.4, 0.5) is 30.7 Å². The lowest BCUT2D eigenvalue weighted by Crippen LogP contribution is -2.15. The number of primary amides is 3. The van der Waals surface area contributed by atoms with Crippen LogP contribution in [0.1, 0.15) is 120 Å². The first-order chi connectivity index (χ1) is 65.4. The van der Waals surface area contributed by atoms with E-state index in [0.29, 0.717) is 79.3 Å². The van der Waals surface area contributed by atoms with Gasteiger partial charge in [0.1, 0.15) is 43.2 Å². The third-order valence-corrected chi connectivity index (χ3v) is 19.9. The minimum atomic E-state index is -4.50. The number of carboxylic acid groups (broad SMARTS) is 1. The van der Waals surface area contributed by atoms with Gasteiger partial charge in [0, 0.05) is 76.8 Å². The first-order valence-electron chi connectivity index (χ1n) is 41.9. The van der Waals surface area contributed by atoms with E-state index in [1.165, 1.54) is 112 Å². The fourth-order valence-corrected chi connectivity index (χ4v) is 14.1. The van der Waals surface area contributed by atoms with E-state index in [1.807, 2.05) is 114 Å². The van der Waals surface area contributed by atoms with E-state index in [1.54, 1.807) is 85.5 Å². The van der Waals surface area contributed by atoms with Gasteiger partial charge in [0.15, 0.2) is 29.1 Å². The smallest absolute Gasteiger partial charge is 0.416 e. The van der Waals surface area contributed by atoms with Crippen molar-refractivity contribution in [2.75, 3.05) is 0 Å². The van der Waals surface area contributed by atoms with Crippen molar-refractivity contribution in [2.45, 2.75) is 115 Å². The van der Waals surface area contributed by atoms with Gasteiger partial charge in [0.25, 0.3) is 17.7 Å². The molecule has 6 aromatic carbocycles. The number of carboxylic acids is 1. The average Bonchev–Trinajstić information content (AvgIpc) is 1.50. The zero-order chi connectivity index (χ0) is 99.7. The third kappa shape index (κ3) is 26.2. The number of benzene rings is 6. The fourth-order valence-electron chi connectivity index (χ4n) is 14.1. The lowest BCUT2D eigenvalue weighted by molar-refractivity contribution is -0.140. The molecule has 704 valence electrons. The Balaban J connectivity index is 0.000000155. The summed E-state index contributed by atoms with van der Waals surface area (Å²) >= 11 is 0. The number of aryl methyl sites for hydroxylation is 12. The van der Waals surface area contributed by atoms with Crippen LogP contribution < -0.4 is 17.2 Å². The number of amides is 3. The Morgan fingerprint density at radius 1 is 0.391 bits per heavy atom. The van der Waals surface area contributed by atoms with Crippen LogP contribution in [-0.4, -0.2) is 145 Å². The Morgan fingerprint density at radius 2 is 0.754 bits per heavy atom. The molecule has 0 spiro atoms. The molecular formula is C98H89F7N24O9. The maximum atomic E-state index is 13.3. The zero-order valence-electron chi connectivity index (χ0n) is 76.6. The molecule has 16 aromatic rings. The number of aromatic nitrogens is 21. The van der Waals surface area contributed by atoms with E-state index < -0.39 is 59.1 Å². The predicted octanol–water partition coefficient (Wildman–Crippen LogP) is 17.3. The minimum Gasteiger partial charge on any atom is -0.478 e. The molecule has 7 N–H and O–H groups in total. The van der Waals surface area contributed by atoms with E-state index in [9.17, 15) is 59.8 Å². The van der Waals surface area contributed by atoms with Gasteiger partial charge in [-0.1, -0.05) is 98.3 Å². The highest BCUT2D eigenvalue weighted by Gasteiger charge is 2.34. The van der Waals surface area contributed by atoms with Gasteiger partial charge < -0.3 is 36.1 Å². The summed E-state index contributed by atoms with van der Waals surface area (Å²) in [5, 5.41) is 46.1. The Hall–Kier alpha value is -17.6. The Kier molecular flexibility index (Phi) is 31.2. The van der Waals surface area contributed by atoms with Crippen LogP contribution in [0.5, 0.6) is 0 Å². The Bertz CT molecular complexity index is 7240. The highest BCUT2D eigenvalue weighted by atomic mass is 19.4. The molecule has 0 aliphatic heterocycles. The molecule has 16 rings (SSSR count). The van der Waals surface area contributed by atoms with Gasteiger partial charge in [-0.25, -0.2) is 62.9 Å². The largest absolute Gasteiger partial charge is 0.478 e. The maximum Gasteiger partial charge on any atom is 0.416 e. The molecule has 40 heteroatoms. The Morgan fingerprint density at radius 3 is 1.09 bits per heavy atom. The summed E-state index contributed by atoms with van der Waals surface area (Å²) < 4.78 is 114. The van der Waals surface area contributed by atoms with Gasteiger partial charge in [0.2, 0.25) is 5.95 Å². The number of carbonyl (C=O) groups is 5. The number of esters is 1. The lowest BCUT2D eigenvalue weighted by Gasteiger charge is -2.11. The van der Waals surface area contributed by atoms with Crippen molar-refractivity contribution in [3.8, 4) is 68.1 Å². The average molecular weight is 1880 g/mol. The molecule has 0 saturated heterocycles. The number of halogens is 7. The van der Waals surface area contributed by atoms with Crippen molar-refractivity contribution in [1.82, 2.24) is 104 Å². The zero-order valence-corrected chi connectivity index (χ0v) is 76.6. The lowest BCUT2D eigenvalue weighted by atomic mass is 10.0. The number of pyridine rings is 2. The van der Waals surface area contributed by atoms with E-state index in [4.69, 9.17) is 31.0 Å². The van der Waals surface area contributed by atoms with Gasteiger partial charge in [-0.15, -0.1) is 25.5 Å². The first-order valence-corrected chi connectivity index (χ1v) is 41.9. The van der Waals surface area contributed by atoms with Crippen LogP contribution in [0.2, 0.25) is 0 Å². The third-order valence-electron chi connectivity index (χ3n) is 19.9. The van der Waals surface area contributed by atoms with Crippen LogP contribution >= 0.6 is 0 Å². The van der Waals surface area contributed by atoms with E-state index in [2.05, 4.69) is 99.1 Å². The first kappa shape index (κ1) is 99.4. The molecule has 0 unspecified atom stereocenters. The standard InChI is InChI=1S/C24H21N5O.C21H21F3N4O3.C18H15F3N4O3.C18H16FN5O.C17H16N6O/c1-16-10-17(2)12-21(11-16)24-27-15-29(28-24)14-22(23(25)30)19-7-5-18(6-8-19)20-4-3-9-26-13-20;1-11(2)30-20(29)17(18-13(4)27-31-14(18)5)9-28-10-25-19(26-28)15-6-12(3)7-16(8-15)21(22,23)24;1-9-4-12(6-13(5-9)18(19,20)21)16-22-8-25(23-16)7-14(17(26)27)15-10(2)24-28-11(15)3;1-11-6-12(2)8-13(7-11)18-21-10-24(23-18)9-14(17(20)25)15-4-3-5-16(19)22-15;1-11-5-12(2)7-14(6-11)17-19-10-23(22-17)9-15(16(18)24)13-3-4-20-21-8-13/h3-15H,1-2H3,(H2,25,30);6-11H,1-5H3;4-8H,1-3H3,(H,26,27);3-10H,1-2H3,(H2,20,25);3-10H,1-2H3,(H2,18,24)/b22-14+;17-9+;14-7+;14-9+;15-9+. The second kappa shape index (κ2) is 43.4. The number of nitrogens with two attached hydrogens (primary N) is 3. The summed E-state index contributed by atoms with van der Waals surface area (Å²) in [6, 6.07) is 42.6. The topological polar surface area (TPSA) is 450 Å². The van der Waals surface area contributed by atoms with Gasteiger partial charge in [-0.3, -0.25) is 19.4 Å². The molecule has 0 aliphatic rings. The Labute approximate surface area is 783 Å². The number of nitrogens with zero attached hydrogens (tertiary/aromatic N) is 21. The summed E-state index contributed by atoms with van der Waals surface area (Å²) in [7, 11) is 0. The second-order valence-corrected chi connectivity index (χ2v) is 31.8. The van der Waals surface area contributed by atoms with E-state index in [-0.39, 0.29) is 56.9 Å². The number of hydrogen-bond acceptors (Lipinski definition) is 24. The van der Waals surface area contributed by atoms with Crippen molar-refractivity contribution in [1.29, 1.82) is 0 Å². The van der Waals surface area contributed by atoms with Crippen molar-refractivity contribution >= 4 is 88.5 Å². The number of ether oxygens (including phenoxy) is 1. The van der Waals surface area contributed by atoms with Crippen molar-refractivity contribution in [3.05, 3.63) is 321 Å². The fraction of sp³-hybridized carbons (Fsp3) is 0.173. The van der Waals surface area contributed by atoms with Gasteiger partial charge in [0.05, 0.1) is 85.7 Å². The summed E-state index contributed by atoms with van der Waals surface area (Å²) in [6.45, 7) is 25.1. The minimum absolute atomic E-state index is 0.0361. The number of aliphatic carboxylic acids is 1. The molecule has 33 nitrogen and oxygen atoms in total. The molecule has 0 saturated carbocycles. The molecule has 138 heavy (non-hydrogen) atoms.